The minimum atomic E-state index is -0.143. The van der Waals surface area contributed by atoms with Gasteiger partial charge in [-0.25, -0.2) is 0 Å². The van der Waals surface area contributed by atoms with E-state index in [1.54, 1.807) is 0 Å². The molecule has 2 aromatic heterocycles. The predicted molar refractivity (Wildman–Crippen MR) is 75.6 cm³/mol. The molecule has 0 amide bonds. The van der Waals surface area contributed by atoms with Crippen molar-refractivity contribution in [2.45, 2.75) is 63.3 Å². The second kappa shape index (κ2) is 5.20. The third-order valence-electron chi connectivity index (χ3n) is 2.51. The third kappa shape index (κ3) is 3.59. The van der Waals surface area contributed by atoms with Crippen LogP contribution in [-0.4, -0.2) is 20.3 Å². The van der Waals surface area contributed by atoms with E-state index in [0.717, 1.165) is 0 Å². The molecule has 6 nitrogen and oxygen atoms in total. The highest BCUT2D eigenvalue weighted by atomic mass is 32.2. The van der Waals surface area contributed by atoms with Gasteiger partial charge in [-0.15, -0.1) is 10.2 Å². The first-order valence-corrected chi connectivity index (χ1v) is 7.44. The number of thioether (sulfide) groups is 1. The SMILES string of the molecule is CC(C)(C)c1noc(CSc2nnc(C(C)(C)C)o2)n1. The fourth-order valence-electron chi connectivity index (χ4n) is 1.31. The molecule has 2 aromatic rings. The fourth-order valence-corrected chi connectivity index (χ4v) is 1.91. The molecule has 0 bridgehead atoms. The molecular weight excluding hydrogens is 276 g/mol. The molecule has 7 heteroatoms. The monoisotopic (exact) mass is 296 g/mol. The first-order valence-electron chi connectivity index (χ1n) is 6.46. The Morgan fingerprint density at radius 2 is 1.70 bits per heavy atom. The van der Waals surface area contributed by atoms with Crippen molar-refractivity contribution in [3.63, 3.8) is 0 Å². The van der Waals surface area contributed by atoms with Gasteiger partial charge in [-0.2, -0.15) is 4.98 Å². The van der Waals surface area contributed by atoms with Gasteiger partial charge in [-0.1, -0.05) is 58.5 Å². The van der Waals surface area contributed by atoms with Crippen LogP contribution >= 0.6 is 11.8 Å². The largest absolute Gasteiger partial charge is 0.415 e. The molecule has 0 unspecified atom stereocenters. The molecule has 0 atom stereocenters. The normalized spacial score (nSPS) is 12.9. The van der Waals surface area contributed by atoms with Gasteiger partial charge in [-0.3, -0.25) is 0 Å². The number of aromatic nitrogens is 4. The zero-order valence-electron chi connectivity index (χ0n) is 12.7. The van der Waals surface area contributed by atoms with Crippen LogP contribution in [0.15, 0.2) is 14.2 Å². The average Bonchev–Trinajstić information content (AvgIpc) is 2.94. The quantitative estimate of drug-likeness (QED) is 0.804. The Labute approximate surface area is 122 Å². The van der Waals surface area contributed by atoms with Crippen LogP contribution in [0.25, 0.3) is 0 Å². The molecule has 110 valence electrons. The van der Waals surface area contributed by atoms with Crippen molar-refractivity contribution in [3.8, 4) is 0 Å². The van der Waals surface area contributed by atoms with Gasteiger partial charge in [0.1, 0.15) is 0 Å². The van der Waals surface area contributed by atoms with Crippen LogP contribution in [-0.2, 0) is 16.6 Å². The first-order chi connectivity index (χ1) is 9.16. The zero-order chi connectivity index (χ0) is 15.0. The van der Waals surface area contributed by atoms with E-state index in [0.29, 0.717) is 28.6 Å². The molecule has 2 rings (SSSR count). The van der Waals surface area contributed by atoms with Crippen molar-refractivity contribution in [2.75, 3.05) is 0 Å². The molecule has 0 aliphatic rings. The van der Waals surface area contributed by atoms with E-state index in [2.05, 4.69) is 20.3 Å². The number of nitrogens with zero attached hydrogens (tertiary/aromatic N) is 4. The highest BCUT2D eigenvalue weighted by molar-refractivity contribution is 7.98. The number of rotatable bonds is 3. The molecule has 0 N–H and O–H groups in total. The minimum absolute atomic E-state index is 0.115. The molecular formula is C13H20N4O2S. The number of hydrogen-bond acceptors (Lipinski definition) is 7. The number of hydrogen-bond donors (Lipinski definition) is 0. The second-order valence-electron chi connectivity index (χ2n) is 6.67. The fraction of sp³-hybridized carbons (Fsp3) is 0.692. The molecule has 0 saturated heterocycles. The summed E-state index contributed by atoms with van der Waals surface area (Å²) in [7, 11) is 0. The summed E-state index contributed by atoms with van der Waals surface area (Å²) in [5.74, 6) is 2.42. The zero-order valence-corrected chi connectivity index (χ0v) is 13.5. The van der Waals surface area contributed by atoms with Gasteiger partial charge in [0.05, 0.1) is 5.75 Å². The van der Waals surface area contributed by atoms with Gasteiger partial charge >= 0.3 is 0 Å². The highest BCUT2D eigenvalue weighted by Crippen LogP contribution is 2.27. The van der Waals surface area contributed by atoms with Crippen LogP contribution in [0.1, 0.15) is 59.1 Å². The summed E-state index contributed by atoms with van der Waals surface area (Å²) in [4.78, 5) is 4.36. The van der Waals surface area contributed by atoms with E-state index in [9.17, 15) is 0 Å². The topological polar surface area (TPSA) is 77.8 Å². The van der Waals surface area contributed by atoms with Crippen molar-refractivity contribution in [3.05, 3.63) is 17.6 Å². The molecule has 0 aromatic carbocycles. The van der Waals surface area contributed by atoms with E-state index in [-0.39, 0.29) is 10.8 Å². The third-order valence-corrected chi connectivity index (χ3v) is 3.31. The van der Waals surface area contributed by atoms with Gasteiger partial charge in [0, 0.05) is 10.8 Å². The standard InChI is InChI=1S/C13H20N4O2S/c1-12(2,3)9-14-8(19-17-9)7-20-11-16-15-10(18-11)13(4,5)6/h7H2,1-6H3. The summed E-state index contributed by atoms with van der Waals surface area (Å²) in [5, 5.41) is 12.5. The Morgan fingerprint density at radius 1 is 1.00 bits per heavy atom. The molecule has 20 heavy (non-hydrogen) atoms. The maximum atomic E-state index is 5.59. The van der Waals surface area contributed by atoms with Gasteiger partial charge in [0.15, 0.2) is 5.82 Å². The van der Waals surface area contributed by atoms with Crippen LogP contribution in [0.5, 0.6) is 0 Å². The maximum absolute atomic E-state index is 5.59. The Kier molecular flexibility index (Phi) is 3.90. The van der Waals surface area contributed by atoms with Crippen LogP contribution in [0, 0.1) is 0 Å². The van der Waals surface area contributed by atoms with Crippen molar-refractivity contribution >= 4 is 11.8 Å². The molecule has 2 heterocycles. The van der Waals surface area contributed by atoms with Crippen molar-refractivity contribution < 1.29 is 8.94 Å². The Balaban J connectivity index is 1.99. The van der Waals surface area contributed by atoms with Crippen molar-refractivity contribution in [1.29, 1.82) is 0 Å². The molecule has 0 saturated carbocycles. The Morgan fingerprint density at radius 3 is 2.20 bits per heavy atom. The lowest BCUT2D eigenvalue weighted by atomic mass is 9.96. The molecule has 0 radical (unpaired) electrons. The maximum Gasteiger partial charge on any atom is 0.277 e. The van der Waals surface area contributed by atoms with Gasteiger partial charge in [0.2, 0.25) is 11.8 Å². The smallest absolute Gasteiger partial charge is 0.277 e. The van der Waals surface area contributed by atoms with Crippen molar-refractivity contribution in [2.24, 2.45) is 0 Å². The van der Waals surface area contributed by atoms with Crippen molar-refractivity contribution in [1.82, 2.24) is 20.3 Å². The second-order valence-corrected chi connectivity index (χ2v) is 7.60. The lowest BCUT2D eigenvalue weighted by Crippen LogP contribution is -2.13. The van der Waals surface area contributed by atoms with E-state index < -0.39 is 0 Å². The van der Waals surface area contributed by atoms with Gasteiger partial charge in [0.25, 0.3) is 5.22 Å². The van der Waals surface area contributed by atoms with E-state index in [4.69, 9.17) is 8.94 Å². The highest BCUT2D eigenvalue weighted by Gasteiger charge is 2.23. The summed E-state index contributed by atoms with van der Waals surface area (Å²) in [6.45, 7) is 12.2. The average molecular weight is 296 g/mol. The van der Waals surface area contributed by atoms with E-state index in [1.165, 1.54) is 11.8 Å². The van der Waals surface area contributed by atoms with Gasteiger partial charge in [-0.05, 0) is 0 Å². The molecule has 0 spiro atoms. The Bertz CT molecular complexity index is 525. The van der Waals surface area contributed by atoms with E-state index >= 15 is 0 Å². The first kappa shape index (κ1) is 15.0. The molecule has 0 fully saturated rings. The van der Waals surface area contributed by atoms with Crippen LogP contribution in [0.3, 0.4) is 0 Å². The lowest BCUT2D eigenvalue weighted by Gasteiger charge is -2.10. The molecule has 0 aliphatic heterocycles. The lowest BCUT2D eigenvalue weighted by molar-refractivity contribution is 0.346. The van der Waals surface area contributed by atoms with Crippen LogP contribution < -0.4 is 0 Å². The van der Waals surface area contributed by atoms with Gasteiger partial charge < -0.3 is 8.94 Å². The summed E-state index contributed by atoms with van der Waals surface area (Å²) < 4.78 is 10.8. The van der Waals surface area contributed by atoms with Crippen LogP contribution in [0.4, 0.5) is 0 Å². The summed E-state index contributed by atoms with van der Waals surface area (Å²) in [6, 6.07) is 0. The van der Waals surface area contributed by atoms with E-state index in [1.807, 2.05) is 41.5 Å². The Hall–Kier alpha value is -1.37. The van der Waals surface area contributed by atoms with Crippen LogP contribution in [0.2, 0.25) is 0 Å². The summed E-state index contributed by atoms with van der Waals surface area (Å²) in [5.41, 5.74) is -0.258. The summed E-state index contributed by atoms with van der Waals surface area (Å²) in [6.07, 6.45) is 0. The molecule has 0 aliphatic carbocycles. The predicted octanol–water partition coefficient (Wildman–Crippen LogP) is 3.34. The minimum Gasteiger partial charge on any atom is -0.415 e. The summed E-state index contributed by atoms with van der Waals surface area (Å²) >= 11 is 1.40.